The quantitative estimate of drug-likeness (QED) is 0.517. The average molecular weight is 492 g/mol. The van der Waals surface area contributed by atoms with Crippen LogP contribution in [-0.2, 0) is 14.8 Å². The molecular formula is C24H30ClN3O4S. The van der Waals surface area contributed by atoms with Crippen molar-refractivity contribution in [2.24, 2.45) is 5.10 Å². The van der Waals surface area contributed by atoms with E-state index in [9.17, 15) is 13.2 Å². The van der Waals surface area contributed by atoms with Crippen LogP contribution in [0.1, 0.15) is 51.9 Å². The van der Waals surface area contributed by atoms with Crippen LogP contribution in [0.4, 0.5) is 5.69 Å². The summed E-state index contributed by atoms with van der Waals surface area (Å²) >= 11 is 5.93. The summed E-state index contributed by atoms with van der Waals surface area (Å²) in [5.74, 6) is 0.112. The molecular weight excluding hydrogens is 462 g/mol. The van der Waals surface area contributed by atoms with Crippen LogP contribution in [0.25, 0.3) is 0 Å². The highest BCUT2D eigenvalue weighted by Crippen LogP contribution is 2.26. The number of ether oxygens (including phenoxy) is 1. The fourth-order valence-corrected chi connectivity index (χ4v) is 5.20. The van der Waals surface area contributed by atoms with Crippen LogP contribution in [0.5, 0.6) is 5.75 Å². The molecule has 7 nitrogen and oxygen atoms in total. The Morgan fingerprint density at radius 2 is 1.61 bits per heavy atom. The smallest absolute Gasteiger partial charge is 0.264 e. The van der Waals surface area contributed by atoms with Crippen LogP contribution in [0, 0.1) is 0 Å². The molecule has 0 heterocycles. The number of halogens is 1. The molecule has 1 amide bonds. The van der Waals surface area contributed by atoms with E-state index in [0.29, 0.717) is 23.1 Å². The summed E-state index contributed by atoms with van der Waals surface area (Å²) in [6.07, 6.45) is 7.38. The first-order chi connectivity index (χ1) is 15.9. The van der Waals surface area contributed by atoms with Crippen LogP contribution >= 0.6 is 11.6 Å². The fraction of sp³-hybridized carbons (Fsp3) is 0.417. The highest BCUT2D eigenvalue weighted by atomic mass is 35.5. The van der Waals surface area contributed by atoms with E-state index in [1.165, 1.54) is 30.7 Å². The maximum absolute atomic E-state index is 13.4. The first kappa shape index (κ1) is 25.1. The second-order valence-corrected chi connectivity index (χ2v) is 10.2. The Morgan fingerprint density at radius 1 is 1.00 bits per heavy atom. The van der Waals surface area contributed by atoms with Crippen molar-refractivity contribution in [3.05, 3.63) is 53.6 Å². The number of sulfonamides is 1. The number of anilines is 1. The Labute approximate surface area is 200 Å². The highest BCUT2D eigenvalue weighted by molar-refractivity contribution is 7.92. The molecule has 0 aliphatic heterocycles. The van der Waals surface area contributed by atoms with Gasteiger partial charge in [-0.3, -0.25) is 9.10 Å². The number of carbonyl (C=O) groups excluding carboxylic acids is 1. The van der Waals surface area contributed by atoms with Crippen molar-refractivity contribution in [3.8, 4) is 5.75 Å². The van der Waals surface area contributed by atoms with E-state index in [2.05, 4.69) is 10.5 Å². The molecule has 2 aromatic carbocycles. The Balaban J connectivity index is 1.83. The van der Waals surface area contributed by atoms with Gasteiger partial charge in [-0.15, -0.1) is 0 Å². The van der Waals surface area contributed by atoms with E-state index >= 15 is 0 Å². The molecule has 1 fully saturated rings. The highest BCUT2D eigenvalue weighted by Gasteiger charge is 2.27. The van der Waals surface area contributed by atoms with E-state index in [-0.39, 0.29) is 4.90 Å². The van der Waals surface area contributed by atoms with Gasteiger partial charge in [0, 0.05) is 10.7 Å². The van der Waals surface area contributed by atoms with Crippen LogP contribution in [0.15, 0.2) is 58.5 Å². The lowest BCUT2D eigenvalue weighted by Crippen LogP contribution is -2.39. The van der Waals surface area contributed by atoms with Crippen molar-refractivity contribution < 1.29 is 17.9 Å². The minimum Gasteiger partial charge on any atom is -0.494 e. The molecule has 33 heavy (non-hydrogen) atoms. The summed E-state index contributed by atoms with van der Waals surface area (Å²) in [4.78, 5) is 12.8. The maximum atomic E-state index is 13.4. The predicted molar refractivity (Wildman–Crippen MR) is 131 cm³/mol. The van der Waals surface area contributed by atoms with Crippen molar-refractivity contribution in [2.45, 2.75) is 56.8 Å². The molecule has 1 aliphatic rings. The number of rotatable bonds is 8. The molecule has 1 N–H and O–H groups in total. The monoisotopic (exact) mass is 491 g/mol. The largest absolute Gasteiger partial charge is 0.494 e. The van der Waals surface area contributed by atoms with Crippen molar-refractivity contribution in [1.29, 1.82) is 0 Å². The molecule has 3 rings (SSSR count). The molecule has 0 radical (unpaired) electrons. The Hall–Kier alpha value is -2.58. The van der Waals surface area contributed by atoms with E-state index in [1.807, 2.05) is 6.92 Å². The minimum absolute atomic E-state index is 0.0416. The van der Waals surface area contributed by atoms with Gasteiger partial charge in [-0.05, 0) is 81.1 Å². The molecule has 2 aromatic rings. The standard InChI is InChI=1S/C24H30ClN3O4S/c1-2-32-22-14-12-21(13-15-22)28(33(30,31)23-16-10-19(25)11-17-23)18-24(29)27-26-20-8-6-4-3-5-7-9-20/h10-17H,2-9,18H2,1H3,(H,27,29). The van der Waals surface area contributed by atoms with Crippen molar-refractivity contribution >= 4 is 38.9 Å². The van der Waals surface area contributed by atoms with Gasteiger partial charge >= 0.3 is 0 Å². The van der Waals surface area contributed by atoms with Gasteiger partial charge in [0.15, 0.2) is 0 Å². The van der Waals surface area contributed by atoms with Crippen LogP contribution < -0.4 is 14.5 Å². The summed E-state index contributed by atoms with van der Waals surface area (Å²) in [6.45, 7) is 1.96. The van der Waals surface area contributed by atoms with Crippen LogP contribution in [-0.4, -0.2) is 33.2 Å². The van der Waals surface area contributed by atoms with Crippen molar-refractivity contribution in [2.75, 3.05) is 17.5 Å². The Morgan fingerprint density at radius 3 is 2.21 bits per heavy atom. The van der Waals surface area contributed by atoms with Gasteiger partial charge in [0.05, 0.1) is 17.2 Å². The van der Waals surface area contributed by atoms with E-state index in [0.717, 1.165) is 48.5 Å². The van der Waals surface area contributed by atoms with Gasteiger partial charge in [-0.1, -0.05) is 30.9 Å². The lowest BCUT2D eigenvalue weighted by atomic mass is 9.99. The number of amides is 1. The predicted octanol–water partition coefficient (Wildman–Crippen LogP) is 5.15. The third-order valence-corrected chi connectivity index (χ3v) is 7.43. The molecule has 0 unspecified atom stereocenters. The van der Waals surface area contributed by atoms with E-state index < -0.39 is 22.5 Å². The Bertz CT molecular complexity index is 1040. The average Bonchev–Trinajstić information content (AvgIpc) is 2.78. The minimum atomic E-state index is -4.02. The van der Waals surface area contributed by atoms with E-state index in [1.54, 1.807) is 24.3 Å². The number of hydrogen-bond acceptors (Lipinski definition) is 5. The van der Waals surface area contributed by atoms with Gasteiger partial charge in [0.2, 0.25) is 0 Å². The molecule has 0 saturated heterocycles. The molecule has 1 aliphatic carbocycles. The lowest BCUT2D eigenvalue weighted by molar-refractivity contribution is -0.119. The zero-order valence-electron chi connectivity index (χ0n) is 18.8. The Kier molecular flexibility index (Phi) is 9.14. The summed E-state index contributed by atoms with van der Waals surface area (Å²) in [7, 11) is -4.02. The van der Waals surface area contributed by atoms with Gasteiger partial charge < -0.3 is 4.74 Å². The van der Waals surface area contributed by atoms with E-state index in [4.69, 9.17) is 16.3 Å². The summed E-state index contributed by atoms with van der Waals surface area (Å²) in [6, 6.07) is 12.4. The van der Waals surface area contributed by atoms with Gasteiger partial charge in [0.25, 0.3) is 15.9 Å². The van der Waals surface area contributed by atoms with Gasteiger partial charge in [-0.25, -0.2) is 13.8 Å². The van der Waals surface area contributed by atoms with Crippen LogP contribution in [0.3, 0.4) is 0 Å². The number of hydrazone groups is 1. The number of benzene rings is 2. The SMILES string of the molecule is CCOc1ccc(N(CC(=O)NN=C2CCCCCCC2)S(=O)(=O)c2ccc(Cl)cc2)cc1. The fourth-order valence-electron chi connectivity index (χ4n) is 3.66. The zero-order chi connectivity index (χ0) is 23.7. The van der Waals surface area contributed by atoms with Crippen LogP contribution in [0.2, 0.25) is 5.02 Å². The normalized spacial score (nSPS) is 14.7. The third-order valence-electron chi connectivity index (χ3n) is 5.39. The molecule has 178 valence electrons. The lowest BCUT2D eigenvalue weighted by Gasteiger charge is -2.24. The summed E-state index contributed by atoms with van der Waals surface area (Å²) in [5.41, 5.74) is 3.87. The first-order valence-corrected chi connectivity index (χ1v) is 13.1. The van der Waals surface area contributed by atoms with Crippen molar-refractivity contribution in [3.63, 3.8) is 0 Å². The third kappa shape index (κ3) is 7.20. The summed E-state index contributed by atoms with van der Waals surface area (Å²) < 4.78 is 33.4. The second kappa shape index (κ2) is 12.0. The van der Waals surface area contributed by atoms with Crippen molar-refractivity contribution in [1.82, 2.24) is 5.43 Å². The molecule has 0 atom stereocenters. The molecule has 0 bridgehead atoms. The second-order valence-electron chi connectivity index (χ2n) is 7.87. The molecule has 9 heteroatoms. The number of nitrogens with zero attached hydrogens (tertiary/aromatic N) is 2. The number of nitrogens with one attached hydrogen (secondary N) is 1. The summed E-state index contributed by atoms with van der Waals surface area (Å²) in [5, 5.41) is 4.72. The number of hydrogen-bond donors (Lipinski definition) is 1. The van der Waals surface area contributed by atoms with Gasteiger partial charge in [-0.2, -0.15) is 5.10 Å². The maximum Gasteiger partial charge on any atom is 0.264 e. The zero-order valence-corrected chi connectivity index (χ0v) is 20.4. The number of carbonyl (C=O) groups is 1. The molecule has 0 spiro atoms. The first-order valence-electron chi connectivity index (χ1n) is 11.3. The van der Waals surface area contributed by atoms with Gasteiger partial charge in [0.1, 0.15) is 12.3 Å². The molecule has 0 aromatic heterocycles. The topological polar surface area (TPSA) is 88.1 Å². The molecule has 1 saturated carbocycles.